The van der Waals surface area contributed by atoms with E-state index in [2.05, 4.69) is 17.6 Å². The number of hydrogen-bond donors (Lipinski definition) is 2. The topological polar surface area (TPSA) is 61.4 Å². The molecule has 0 bridgehead atoms. The van der Waals surface area contributed by atoms with E-state index in [0.29, 0.717) is 29.4 Å². The van der Waals surface area contributed by atoms with E-state index in [1.165, 1.54) is 0 Å². The lowest BCUT2D eigenvalue weighted by atomic mass is 9.96. The van der Waals surface area contributed by atoms with Crippen molar-refractivity contribution in [3.8, 4) is 0 Å². The van der Waals surface area contributed by atoms with E-state index in [-0.39, 0.29) is 11.9 Å². The molecule has 22 heavy (non-hydrogen) atoms. The zero-order valence-electron chi connectivity index (χ0n) is 12.4. The van der Waals surface area contributed by atoms with Crippen LogP contribution in [0.5, 0.6) is 0 Å². The zero-order valence-corrected chi connectivity index (χ0v) is 13.1. The fourth-order valence-corrected chi connectivity index (χ4v) is 2.99. The number of nitrogens with one attached hydrogen (secondary N) is 2. The summed E-state index contributed by atoms with van der Waals surface area (Å²) in [4.78, 5) is 26.3. The van der Waals surface area contributed by atoms with Crippen LogP contribution in [0.3, 0.4) is 0 Å². The number of urea groups is 1. The molecule has 5 nitrogen and oxygen atoms in total. The van der Waals surface area contributed by atoms with Gasteiger partial charge in [0.15, 0.2) is 0 Å². The number of unbranched alkanes of at least 4 members (excludes halogenated alkanes) is 1. The maximum absolute atomic E-state index is 12.7. The highest BCUT2D eigenvalue weighted by Crippen LogP contribution is 2.32. The van der Waals surface area contributed by atoms with Crippen LogP contribution in [-0.2, 0) is 4.79 Å². The Morgan fingerprint density at radius 1 is 1.27 bits per heavy atom. The van der Waals surface area contributed by atoms with Crippen molar-refractivity contribution in [2.45, 2.75) is 25.8 Å². The molecule has 0 spiro atoms. The van der Waals surface area contributed by atoms with Crippen LogP contribution in [0.25, 0.3) is 0 Å². The molecule has 0 fully saturated rings. The maximum Gasteiger partial charge on any atom is 0.319 e. The number of halogens is 1. The Morgan fingerprint density at radius 2 is 2.00 bits per heavy atom. The van der Waals surface area contributed by atoms with E-state index in [0.717, 1.165) is 18.4 Å². The van der Waals surface area contributed by atoms with Gasteiger partial charge in [0.25, 0.3) is 5.91 Å². The minimum atomic E-state index is -0.417. The van der Waals surface area contributed by atoms with Gasteiger partial charge in [0.05, 0.1) is 23.9 Å². The van der Waals surface area contributed by atoms with Crippen molar-refractivity contribution in [3.63, 3.8) is 0 Å². The normalized spacial score (nSPS) is 20.8. The van der Waals surface area contributed by atoms with Crippen LogP contribution in [0.2, 0.25) is 5.02 Å². The van der Waals surface area contributed by atoms with E-state index < -0.39 is 6.04 Å². The number of carbonyl (C=O) groups is 2. The molecule has 2 heterocycles. The Labute approximate surface area is 134 Å². The predicted octanol–water partition coefficient (Wildman–Crippen LogP) is 2.59. The third kappa shape index (κ3) is 2.68. The second-order valence-corrected chi connectivity index (χ2v) is 5.99. The average Bonchev–Trinajstić information content (AvgIpc) is 2.81. The van der Waals surface area contributed by atoms with Gasteiger partial charge in [0.2, 0.25) is 0 Å². The molecule has 0 saturated carbocycles. The Balaban J connectivity index is 1.90. The van der Waals surface area contributed by atoms with Crippen molar-refractivity contribution in [2.75, 3.05) is 13.1 Å². The second kappa shape index (κ2) is 6.01. The molecule has 6 heteroatoms. The van der Waals surface area contributed by atoms with Gasteiger partial charge >= 0.3 is 6.03 Å². The van der Waals surface area contributed by atoms with Gasteiger partial charge in [-0.25, -0.2) is 4.79 Å². The summed E-state index contributed by atoms with van der Waals surface area (Å²) in [5.41, 5.74) is 2.21. The van der Waals surface area contributed by atoms with Crippen molar-refractivity contribution >= 4 is 23.5 Å². The van der Waals surface area contributed by atoms with E-state index in [1.54, 1.807) is 17.0 Å². The smallest absolute Gasteiger partial charge is 0.319 e. The summed E-state index contributed by atoms with van der Waals surface area (Å²) in [6.45, 7) is 3.28. The number of benzene rings is 1. The summed E-state index contributed by atoms with van der Waals surface area (Å²) < 4.78 is 0. The van der Waals surface area contributed by atoms with Crippen molar-refractivity contribution in [1.82, 2.24) is 15.5 Å². The van der Waals surface area contributed by atoms with Gasteiger partial charge in [-0.05, 0) is 24.1 Å². The standard InChI is InChI=1S/C16H18ClN3O2/c1-2-3-8-20-9-12-13(15(20)21)14(19-16(22)18-12)10-4-6-11(17)7-5-10/h4-7,14H,2-3,8-9H2,1H3,(H2,18,19,22)/t14-/m0/s1. The molecule has 0 unspecified atom stereocenters. The Morgan fingerprint density at radius 3 is 2.68 bits per heavy atom. The third-order valence-electron chi connectivity index (χ3n) is 4.01. The summed E-state index contributed by atoms with van der Waals surface area (Å²) in [5.74, 6) is -0.00380. The van der Waals surface area contributed by atoms with Gasteiger partial charge in [-0.3, -0.25) is 4.79 Å². The lowest BCUT2D eigenvalue weighted by Crippen LogP contribution is -2.44. The van der Waals surface area contributed by atoms with Gasteiger partial charge in [-0.1, -0.05) is 37.1 Å². The highest BCUT2D eigenvalue weighted by atomic mass is 35.5. The molecule has 2 aliphatic rings. The Bertz CT molecular complexity index is 639. The molecular formula is C16H18ClN3O2. The molecule has 1 aromatic rings. The minimum Gasteiger partial charge on any atom is -0.333 e. The second-order valence-electron chi connectivity index (χ2n) is 5.56. The molecule has 0 radical (unpaired) electrons. The van der Waals surface area contributed by atoms with Gasteiger partial charge in [0, 0.05) is 11.6 Å². The van der Waals surface area contributed by atoms with Crippen LogP contribution in [0.15, 0.2) is 35.5 Å². The van der Waals surface area contributed by atoms with Gasteiger partial charge in [-0.15, -0.1) is 0 Å². The number of amides is 3. The first-order valence-corrected chi connectivity index (χ1v) is 7.83. The molecule has 1 aromatic carbocycles. The predicted molar refractivity (Wildman–Crippen MR) is 84.4 cm³/mol. The molecule has 2 N–H and O–H groups in total. The summed E-state index contributed by atoms with van der Waals surface area (Å²) >= 11 is 5.91. The van der Waals surface area contributed by atoms with Crippen molar-refractivity contribution in [3.05, 3.63) is 46.1 Å². The summed E-state index contributed by atoms with van der Waals surface area (Å²) in [6.07, 6.45) is 1.99. The molecular weight excluding hydrogens is 302 g/mol. The van der Waals surface area contributed by atoms with Gasteiger partial charge in [0.1, 0.15) is 0 Å². The number of nitrogens with zero attached hydrogens (tertiary/aromatic N) is 1. The number of hydrogen-bond acceptors (Lipinski definition) is 2. The number of rotatable bonds is 4. The molecule has 116 valence electrons. The minimum absolute atomic E-state index is 0.00380. The molecule has 3 rings (SSSR count). The zero-order chi connectivity index (χ0) is 15.7. The van der Waals surface area contributed by atoms with Crippen LogP contribution in [0, 0.1) is 0 Å². The fourth-order valence-electron chi connectivity index (χ4n) is 2.86. The molecule has 0 aromatic heterocycles. The molecule has 2 aliphatic heterocycles. The largest absolute Gasteiger partial charge is 0.333 e. The fraction of sp³-hybridized carbons (Fsp3) is 0.375. The first-order valence-electron chi connectivity index (χ1n) is 7.45. The van der Waals surface area contributed by atoms with Crippen molar-refractivity contribution in [1.29, 1.82) is 0 Å². The first kappa shape index (κ1) is 14.9. The molecule has 0 saturated heterocycles. The Kier molecular flexibility index (Phi) is 4.07. The van der Waals surface area contributed by atoms with E-state index in [9.17, 15) is 9.59 Å². The van der Waals surface area contributed by atoms with E-state index >= 15 is 0 Å². The third-order valence-corrected chi connectivity index (χ3v) is 4.26. The van der Waals surface area contributed by atoms with Crippen LogP contribution in [0.1, 0.15) is 31.4 Å². The van der Waals surface area contributed by atoms with Crippen LogP contribution >= 0.6 is 11.6 Å². The highest BCUT2D eigenvalue weighted by molar-refractivity contribution is 6.30. The number of carbonyl (C=O) groups excluding carboxylic acids is 2. The van der Waals surface area contributed by atoms with Crippen LogP contribution in [-0.4, -0.2) is 29.9 Å². The van der Waals surface area contributed by atoms with Crippen LogP contribution in [0.4, 0.5) is 4.79 Å². The lowest BCUT2D eigenvalue weighted by Gasteiger charge is -2.25. The average molecular weight is 320 g/mol. The monoisotopic (exact) mass is 319 g/mol. The molecule has 1 atom stereocenters. The quantitative estimate of drug-likeness (QED) is 0.896. The Hall–Kier alpha value is -2.01. The SMILES string of the molecule is CCCCN1CC2=C(C1=O)[C@H](c1ccc(Cl)cc1)NC(=O)N2. The molecule has 3 amide bonds. The van der Waals surface area contributed by atoms with E-state index in [1.807, 2.05) is 12.1 Å². The summed E-state index contributed by atoms with van der Waals surface area (Å²) in [5, 5.41) is 6.22. The van der Waals surface area contributed by atoms with Crippen LogP contribution < -0.4 is 10.6 Å². The van der Waals surface area contributed by atoms with Gasteiger partial charge < -0.3 is 15.5 Å². The summed E-state index contributed by atoms with van der Waals surface area (Å²) in [7, 11) is 0. The van der Waals surface area contributed by atoms with Gasteiger partial charge in [-0.2, -0.15) is 0 Å². The van der Waals surface area contributed by atoms with E-state index in [4.69, 9.17) is 11.6 Å². The lowest BCUT2D eigenvalue weighted by molar-refractivity contribution is -0.125. The highest BCUT2D eigenvalue weighted by Gasteiger charge is 2.39. The first-order chi connectivity index (χ1) is 10.6. The van der Waals surface area contributed by atoms with Crippen molar-refractivity contribution < 1.29 is 9.59 Å². The maximum atomic E-state index is 12.7. The summed E-state index contributed by atoms with van der Waals surface area (Å²) in [6, 6.07) is 6.51. The van der Waals surface area contributed by atoms with Crippen molar-refractivity contribution in [2.24, 2.45) is 0 Å². The molecule has 0 aliphatic carbocycles.